The molecule has 88 valence electrons. The van der Waals surface area contributed by atoms with Crippen molar-refractivity contribution >= 4 is 5.97 Å². The molecular formula is C13H24O2. The first-order chi connectivity index (χ1) is 7.01. The first kappa shape index (κ1) is 12.5. The second-order valence-electron chi connectivity index (χ2n) is 5.20. The Kier molecular flexibility index (Phi) is 4.18. The second-order valence-corrected chi connectivity index (χ2v) is 5.20. The summed E-state index contributed by atoms with van der Waals surface area (Å²) in [5, 5.41) is 0. The van der Waals surface area contributed by atoms with E-state index in [4.69, 9.17) is 4.74 Å². The molecule has 1 rings (SSSR count). The zero-order valence-corrected chi connectivity index (χ0v) is 10.5. The molecule has 0 bridgehead atoms. The summed E-state index contributed by atoms with van der Waals surface area (Å²) in [5.74, 6) is 0.385. The molecule has 0 N–H and O–H groups in total. The van der Waals surface area contributed by atoms with Crippen LogP contribution in [0.4, 0.5) is 0 Å². The highest BCUT2D eigenvalue weighted by atomic mass is 16.6. The van der Waals surface area contributed by atoms with Gasteiger partial charge in [0.25, 0.3) is 0 Å². The predicted molar refractivity (Wildman–Crippen MR) is 61.6 cm³/mol. The van der Waals surface area contributed by atoms with Crippen molar-refractivity contribution in [3.05, 3.63) is 0 Å². The molecule has 1 saturated carbocycles. The highest BCUT2D eigenvalue weighted by Gasteiger charge is 2.37. The van der Waals surface area contributed by atoms with Crippen LogP contribution in [-0.4, -0.2) is 11.6 Å². The molecule has 1 aliphatic rings. The van der Waals surface area contributed by atoms with Crippen LogP contribution in [0.1, 0.15) is 59.8 Å². The zero-order chi connectivity index (χ0) is 11.5. The maximum atomic E-state index is 11.9. The van der Waals surface area contributed by atoms with E-state index in [9.17, 15) is 4.79 Å². The molecule has 0 saturated heterocycles. The van der Waals surface area contributed by atoms with Gasteiger partial charge < -0.3 is 4.74 Å². The molecule has 0 aromatic rings. The highest BCUT2D eigenvalue weighted by Crippen LogP contribution is 2.36. The molecule has 1 atom stereocenters. The first-order valence-corrected chi connectivity index (χ1v) is 6.23. The number of rotatable bonds is 4. The van der Waals surface area contributed by atoms with Crippen molar-refractivity contribution in [1.29, 1.82) is 0 Å². The van der Waals surface area contributed by atoms with Crippen molar-refractivity contribution in [2.75, 3.05) is 0 Å². The van der Waals surface area contributed by atoms with Gasteiger partial charge in [0.15, 0.2) is 0 Å². The van der Waals surface area contributed by atoms with Crippen molar-refractivity contribution in [2.45, 2.75) is 65.4 Å². The van der Waals surface area contributed by atoms with Crippen LogP contribution in [0, 0.1) is 11.8 Å². The number of hydrogen-bond acceptors (Lipinski definition) is 2. The second kappa shape index (κ2) is 5.00. The van der Waals surface area contributed by atoms with Crippen LogP contribution < -0.4 is 0 Å². The van der Waals surface area contributed by atoms with Crippen molar-refractivity contribution in [1.82, 2.24) is 0 Å². The number of hydrogen-bond donors (Lipinski definition) is 0. The molecular weight excluding hydrogens is 188 g/mol. The van der Waals surface area contributed by atoms with Crippen LogP contribution >= 0.6 is 0 Å². The fraction of sp³-hybridized carbons (Fsp3) is 0.923. The predicted octanol–water partition coefficient (Wildman–Crippen LogP) is 3.54. The van der Waals surface area contributed by atoms with E-state index < -0.39 is 0 Å². The lowest BCUT2D eigenvalue weighted by Gasteiger charge is -2.30. The van der Waals surface area contributed by atoms with Crippen LogP contribution in [0.25, 0.3) is 0 Å². The van der Waals surface area contributed by atoms with Gasteiger partial charge in [0.2, 0.25) is 0 Å². The van der Waals surface area contributed by atoms with Gasteiger partial charge >= 0.3 is 5.97 Å². The lowest BCUT2D eigenvalue weighted by Crippen LogP contribution is -2.34. The van der Waals surface area contributed by atoms with E-state index in [1.54, 1.807) is 0 Å². The molecule has 2 nitrogen and oxygen atoms in total. The quantitative estimate of drug-likeness (QED) is 0.666. The van der Waals surface area contributed by atoms with E-state index in [0.29, 0.717) is 5.92 Å². The lowest BCUT2D eigenvalue weighted by molar-refractivity contribution is -0.165. The minimum Gasteiger partial charge on any atom is -0.459 e. The Morgan fingerprint density at radius 3 is 2.20 bits per heavy atom. The molecule has 1 aliphatic carbocycles. The molecule has 0 aromatic carbocycles. The van der Waals surface area contributed by atoms with Crippen LogP contribution in [-0.2, 0) is 9.53 Å². The van der Waals surface area contributed by atoms with E-state index in [2.05, 4.69) is 20.8 Å². The van der Waals surface area contributed by atoms with Gasteiger partial charge in [-0.15, -0.1) is 0 Å². The van der Waals surface area contributed by atoms with Gasteiger partial charge in [-0.3, -0.25) is 4.79 Å². The molecule has 15 heavy (non-hydrogen) atoms. The van der Waals surface area contributed by atoms with Gasteiger partial charge in [-0.2, -0.15) is 0 Å². The average Bonchev–Trinajstić information content (AvgIpc) is 2.65. The van der Waals surface area contributed by atoms with Gasteiger partial charge in [0, 0.05) is 0 Å². The minimum absolute atomic E-state index is 0.00579. The minimum atomic E-state index is -0.125. The van der Waals surface area contributed by atoms with Gasteiger partial charge in [-0.05, 0) is 38.0 Å². The topological polar surface area (TPSA) is 26.3 Å². The van der Waals surface area contributed by atoms with Crippen LogP contribution in [0.5, 0.6) is 0 Å². The summed E-state index contributed by atoms with van der Waals surface area (Å²) in [6, 6.07) is 0. The molecule has 0 aromatic heterocycles. The average molecular weight is 212 g/mol. The van der Waals surface area contributed by atoms with Gasteiger partial charge in [-0.1, -0.05) is 27.7 Å². The molecule has 2 heteroatoms. The first-order valence-electron chi connectivity index (χ1n) is 6.23. The summed E-state index contributed by atoms with van der Waals surface area (Å²) in [5.41, 5.74) is -0.125. The monoisotopic (exact) mass is 212 g/mol. The molecule has 0 aliphatic heterocycles. The standard InChI is InChI=1S/C13H24O2/c1-5-13(8-6-7-9-13)15-12(14)11(4)10(2)3/h10-11H,5-9H2,1-4H3. The smallest absolute Gasteiger partial charge is 0.309 e. The van der Waals surface area contributed by atoms with Gasteiger partial charge in [0.1, 0.15) is 5.60 Å². The van der Waals surface area contributed by atoms with Crippen molar-refractivity contribution in [3.8, 4) is 0 Å². The van der Waals surface area contributed by atoms with Gasteiger partial charge in [-0.25, -0.2) is 0 Å². The van der Waals surface area contributed by atoms with Crippen molar-refractivity contribution in [3.63, 3.8) is 0 Å². The van der Waals surface area contributed by atoms with Crippen molar-refractivity contribution < 1.29 is 9.53 Å². The van der Waals surface area contributed by atoms with E-state index in [-0.39, 0.29) is 17.5 Å². The Labute approximate surface area is 93.4 Å². The van der Waals surface area contributed by atoms with Crippen LogP contribution in [0.2, 0.25) is 0 Å². The fourth-order valence-electron chi connectivity index (χ4n) is 2.13. The third-order valence-electron chi connectivity index (χ3n) is 3.85. The summed E-state index contributed by atoms with van der Waals surface area (Å²) >= 11 is 0. The Morgan fingerprint density at radius 1 is 1.27 bits per heavy atom. The number of carbonyl (C=O) groups excluding carboxylic acids is 1. The summed E-state index contributed by atoms with van der Waals surface area (Å²) < 4.78 is 5.73. The summed E-state index contributed by atoms with van der Waals surface area (Å²) in [6.07, 6.45) is 5.48. The Morgan fingerprint density at radius 2 is 1.80 bits per heavy atom. The van der Waals surface area contributed by atoms with E-state index in [1.807, 2.05) is 6.92 Å². The Hall–Kier alpha value is -0.530. The highest BCUT2D eigenvalue weighted by molar-refractivity contribution is 5.72. The molecule has 0 radical (unpaired) electrons. The lowest BCUT2D eigenvalue weighted by atomic mass is 9.95. The molecule has 0 amide bonds. The van der Waals surface area contributed by atoms with Crippen LogP contribution in [0.15, 0.2) is 0 Å². The summed E-state index contributed by atoms with van der Waals surface area (Å²) in [6.45, 7) is 8.22. The van der Waals surface area contributed by atoms with E-state index >= 15 is 0 Å². The molecule has 0 spiro atoms. The fourth-order valence-corrected chi connectivity index (χ4v) is 2.13. The number of esters is 1. The normalized spacial score (nSPS) is 21.7. The SMILES string of the molecule is CCC1(OC(=O)C(C)C(C)C)CCCC1. The Balaban J connectivity index is 2.55. The maximum Gasteiger partial charge on any atom is 0.309 e. The zero-order valence-electron chi connectivity index (χ0n) is 10.5. The number of carbonyl (C=O) groups is 1. The van der Waals surface area contributed by atoms with E-state index in [0.717, 1.165) is 19.3 Å². The third kappa shape index (κ3) is 2.96. The Bertz CT molecular complexity index is 215. The maximum absolute atomic E-state index is 11.9. The number of ether oxygens (including phenoxy) is 1. The van der Waals surface area contributed by atoms with Crippen molar-refractivity contribution in [2.24, 2.45) is 11.8 Å². The molecule has 1 unspecified atom stereocenters. The van der Waals surface area contributed by atoms with E-state index in [1.165, 1.54) is 12.8 Å². The third-order valence-corrected chi connectivity index (χ3v) is 3.85. The van der Waals surface area contributed by atoms with Gasteiger partial charge in [0.05, 0.1) is 5.92 Å². The summed E-state index contributed by atoms with van der Waals surface area (Å²) in [7, 11) is 0. The largest absolute Gasteiger partial charge is 0.459 e. The summed E-state index contributed by atoms with van der Waals surface area (Å²) in [4.78, 5) is 11.9. The molecule has 1 fully saturated rings. The van der Waals surface area contributed by atoms with Crippen LogP contribution in [0.3, 0.4) is 0 Å². The molecule has 0 heterocycles.